The molecule has 102 valence electrons. The number of hydrogen-bond acceptors (Lipinski definition) is 5. The van der Waals surface area contributed by atoms with Crippen LogP contribution in [-0.2, 0) is 19.2 Å². The molecule has 9 nitrogen and oxygen atoms in total. The quantitative estimate of drug-likeness (QED) is 0.310. The van der Waals surface area contributed by atoms with E-state index in [2.05, 4.69) is 10.6 Å². The number of aliphatic carboxylic acids is 1. The summed E-state index contributed by atoms with van der Waals surface area (Å²) in [6.07, 6.45) is -0.625. The minimum absolute atomic E-state index is 0.0286. The molecule has 18 heavy (non-hydrogen) atoms. The van der Waals surface area contributed by atoms with E-state index in [0.29, 0.717) is 0 Å². The standard InChI is InChI=1S/C9H16N4O5/c10-2-1-7(15)13-5(3-8(16)17)9(18)12-4-6(11)14/h5H,1-4,10H2,(H2,11,14)(H,12,18)(H,13,15)(H,16,17). The number of nitrogens with one attached hydrogen (secondary N) is 2. The van der Waals surface area contributed by atoms with E-state index in [-0.39, 0.29) is 13.0 Å². The molecule has 0 rings (SSSR count). The Labute approximate surface area is 103 Å². The van der Waals surface area contributed by atoms with Crippen LogP contribution >= 0.6 is 0 Å². The van der Waals surface area contributed by atoms with Gasteiger partial charge in [-0.25, -0.2) is 0 Å². The molecule has 0 bridgehead atoms. The van der Waals surface area contributed by atoms with Gasteiger partial charge >= 0.3 is 5.97 Å². The molecule has 0 aromatic rings. The third kappa shape index (κ3) is 7.17. The monoisotopic (exact) mass is 260 g/mol. The van der Waals surface area contributed by atoms with Gasteiger partial charge in [-0.05, 0) is 0 Å². The summed E-state index contributed by atoms with van der Waals surface area (Å²) in [6.45, 7) is -0.351. The molecule has 1 atom stereocenters. The van der Waals surface area contributed by atoms with Crippen molar-refractivity contribution in [2.24, 2.45) is 11.5 Å². The van der Waals surface area contributed by atoms with Crippen LogP contribution in [-0.4, -0.2) is 47.9 Å². The van der Waals surface area contributed by atoms with Crippen LogP contribution in [0.5, 0.6) is 0 Å². The van der Waals surface area contributed by atoms with Gasteiger partial charge in [-0.3, -0.25) is 19.2 Å². The second kappa shape index (κ2) is 8.01. The van der Waals surface area contributed by atoms with E-state index in [1.54, 1.807) is 0 Å². The van der Waals surface area contributed by atoms with Crippen LogP contribution in [0.25, 0.3) is 0 Å². The largest absolute Gasteiger partial charge is 0.481 e. The molecule has 1 unspecified atom stereocenters. The molecule has 9 heteroatoms. The number of carboxylic acid groups (broad SMARTS) is 1. The SMILES string of the molecule is NCCC(=O)NC(CC(=O)O)C(=O)NCC(N)=O. The van der Waals surface area contributed by atoms with E-state index >= 15 is 0 Å². The lowest BCUT2D eigenvalue weighted by molar-refractivity contribution is -0.140. The Hall–Kier alpha value is -2.16. The summed E-state index contributed by atoms with van der Waals surface area (Å²) >= 11 is 0. The number of rotatable bonds is 8. The summed E-state index contributed by atoms with van der Waals surface area (Å²) in [4.78, 5) is 43.7. The van der Waals surface area contributed by atoms with E-state index in [0.717, 1.165) is 0 Å². The maximum atomic E-state index is 11.5. The van der Waals surface area contributed by atoms with Crippen molar-refractivity contribution < 1.29 is 24.3 Å². The van der Waals surface area contributed by atoms with Crippen molar-refractivity contribution >= 4 is 23.7 Å². The molecular formula is C9H16N4O5. The van der Waals surface area contributed by atoms with Crippen LogP contribution in [0.1, 0.15) is 12.8 Å². The molecule has 7 N–H and O–H groups in total. The molecule has 0 aromatic carbocycles. The average molecular weight is 260 g/mol. The lowest BCUT2D eigenvalue weighted by atomic mass is 10.2. The third-order valence-corrected chi connectivity index (χ3v) is 1.84. The summed E-state index contributed by atoms with van der Waals surface area (Å²) in [7, 11) is 0. The van der Waals surface area contributed by atoms with Gasteiger partial charge in [0.05, 0.1) is 13.0 Å². The Morgan fingerprint density at radius 3 is 2.28 bits per heavy atom. The van der Waals surface area contributed by atoms with Crippen molar-refractivity contribution in [2.75, 3.05) is 13.1 Å². The molecule has 0 saturated heterocycles. The first-order chi connectivity index (χ1) is 8.36. The van der Waals surface area contributed by atoms with Gasteiger partial charge in [-0.1, -0.05) is 0 Å². The molecule has 0 saturated carbocycles. The first kappa shape index (κ1) is 15.8. The van der Waals surface area contributed by atoms with Crippen LogP contribution in [0.3, 0.4) is 0 Å². The highest BCUT2D eigenvalue weighted by Gasteiger charge is 2.23. The topological polar surface area (TPSA) is 165 Å². The van der Waals surface area contributed by atoms with Crippen LogP contribution in [0.15, 0.2) is 0 Å². The number of primary amides is 1. The Morgan fingerprint density at radius 2 is 1.83 bits per heavy atom. The molecule has 0 aliphatic rings. The van der Waals surface area contributed by atoms with Gasteiger partial charge in [0.25, 0.3) is 0 Å². The van der Waals surface area contributed by atoms with Crippen molar-refractivity contribution in [3.63, 3.8) is 0 Å². The zero-order valence-corrected chi connectivity index (χ0v) is 9.64. The second-order valence-corrected chi connectivity index (χ2v) is 3.44. The molecule has 0 heterocycles. The highest BCUT2D eigenvalue weighted by molar-refractivity contribution is 5.92. The molecule has 0 spiro atoms. The molecule has 0 aliphatic heterocycles. The average Bonchev–Trinajstić information content (AvgIpc) is 2.24. The first-order valence-corrected chi connectivity index (χ1v) is 5.14. The number of hydrogen-bond donors (Lipinski definition) is 5. The Kier molecular flexibility index (Phi) is 7.05. The van der Waals surface area contributed by atoms with Gasteiger partial charge in [-0.15, -0.1) is 0 Å². The van der Waals surface area contributed by atoms with E-state index in [1.807, 2.05) is 0 Å². The lowest BCUT2D eigenvalue weighted by Gasteiger charge is -2.16. The molecule has 0 aromatic heterocycles. The maximum Gasteiger partial charge on any atom is 0.305 e. The number of carboxylic acids is 1. The van der Waals surface area contributed by atoms with Crippen molar-refractivity contribution in [3.05, 3.63) is 0 Å². The van der Waals surface area contributed by atoms with Crippen molar-refractivity contribution in [1.82, 2.24) is 10.6 Å². The Balaban J connectivity index is 4.46. The van der Waals surface area contributed by atoms with Crippen molar-refractivity contribution in [3.8, 4) is 0 Å². The van der Waals surface area contributed by atoms with Crippen LogP contribution in [0.4, 0.5) is 0 Å². The number of amides is 3. The highest BCUT2D eigenvalue weighted by atomic mass is 16.4. The predicted molar refractivity (Wildman–Crippen MR) is 60.1 cm³/mol. The van der Waals surface area contributed by atoms with Crippen LogP contribution in [0, 0.1) is 0 Å². The van der Waals surface area contributed by atoms with Gasteiger partial charge in [0.2, 0.25) is 17.7 Å². The summed E-state index contributed by atoms with van der Waals surface area (Å²) in [5.41, 5.74) is 9.96. The summed E-state index contributed by atoms with van der Waals surface area (Å²) in [5, 5.41) is 12.9. The predicted octanol–water partition coefficient (Wildman–Crippen LogP) is -3.10. The smallest absolute Gasteiger partial charge is 0.305 e. The van der Waals surface area contributed by atoms with E-state index in [9.17, 15) is 19.2 Å². The second-order valence-electron chi connectivity index (χ2n) is 3.44. The fourth-order valence-corrected chi connectivity index (χ4v) is 1.08. The number of nitrogens with two attached hydrogens (primary N) is 2. The van der Waals surface area contributed by atoms with Crippen LogP contribution < -0.4 is 22.1 Å². The van der Waals surface area contributed by atoms with Gasteiger partial charge in [-0.2, -0.15) is 0 Å². The normalized spacial score (nSPS) is 11.4. The molecular weight excluding hydrogens is 244 g/mol. The highest BCUT2D eigenvalue weighted by Crippen LogP contribution is 1.94. The molecule has 0 fully saturated rings. The van der Waals surface area contributed by atoms with Gasteiger partial charge < -0.3 is 27.2 Å². The number of carbonyl (C=O) groups excluding carboxylic acids is 3. The zero-order chi connectivity index (χ0) is 14.1. The van der Waals surface area contributed by atoms with Crippen molar-refractivity contribution in [2.45, 2.75) is 18.9 Å². The van der Waals surface area contributed by atoms with Gasteiger partial charge in [0.15, 0.2) is 0 Å². The minimum atomic E-state index is -1.26. The fraction of sp³-hybridized carbons (Fsp3) is 0.556. The Morgan fingerprint density at radius 1 is 1.22 bits per heavy atom. The van der Waals surface area contributed by atoms with E-state index in [4.69, 9.17) is 16.6 Å². The zero-order valence-electron chi connectivity index (χ0n) is 9.64. The van der Waals surface area contributed by atoms with Crippen molar-refractivity contribution in [1.29, 1.82) is 0 Å². The number of carbonyl (C=O) groups is 4. The Bertz CT molecular complexity index is 344. The molecule has 0 radical (unpaired) electrons. The summed E-state index contributed by atoms with van der Waals surface area (Å²) < 4.78 is 0. The van der Waals surface area contributed by atoms with Gasteiger partial charge in [0, 0.05) is 13.0 Å². The molecule has 3 amide bonds. The van der Waals surface area contributed by atoms with E-state index in [1.165, 1.54) is 0 Å². The van der Waals surface area contributed by atoms with Gasteiger partial charge in [0.1, 0.15) is 6.04 Å². The molecule has 0 aliphatic carbocycles. The third-order valence-electron chi connectivity index (χ3n) is 1.84. The minimum Gasteiger partial charge on any atom is -0.481 e. The van der Waals surface area contributed by atoms with E-state index < -0.39 is 42.7 Å². The summed E-state index contributed by atoms with van der Waals surface area (Å²) in [5.74, 6) is -3.37. The maximum absolute atomic E-state index is 11.5. The fourth-order valence-electron chi connectivity index (χ4n) is 1.08. The lowest BCUT2D eigenvalue weighted by Crippen LogP contribution is -2.49. The summed E-state index contributed by atoms with van der Waals surface area (Å²) in [6, 6.07) is -1.26. The van der Waals surface area contributed by atoms with Crippen LogP contribution in [0.2, 0.25) is 0 Å². The first-order valence-electron chi connectivity index (χ1n) is 5.14.